The summed E-state index contributed by atoms with van der Waals surface area (Å²) in [5.41, 5.74) is 0. The Bertz CT molecular complexity index is 118. The van der Waals surface area contributed by atoms with Crippen molar-refractivity contribution in [2.24, 2.45) is 11.8 Å². The topological polar surface area (TPSA) is 3.24 Å². The molecule has 0 aromatic heterocycles. The molecule has 0 amide bonds. The van der Waals surface area contributed by atoms with Gasteiger partial charge in [0.1, 0.15) is 0 Å². The van der Waals surface area contributed by atoms with Crippen molar-refractivity contribution in [2.75, 3.05) is 13.6 Å². The minimum atomic E-state index is 0.679. The second-order valence-electron chi connectivity index (χ2n) is 4.83. The molecule has 0 rings (SSSR count). The van der Waals surface area contributed by atoms with Gasteiger partial charge >= 0.3 is 0 Å². The Hall–Kier alpha value is -0.0400. The van der Waals surface area contributed by atoms with Gasteiger partial charge in [-0.25, -0.2) is 0 Å². The van der Waals surface area contributed by atoms with E-state index in [2.05, 4.69) is 46.6 Å². The second kappa shape index (κ2) is 6.42. The van der Waals surface area contributed by atoms with Crippen molar-refractivity contribution < 1.29 is 0 Å². The highest BCUT2D eigenvalue weighted by Gasteiger charge is 2.15. The lowest BCUT2D eigenvalue weighted by Crippen LogP contribution is -2.33. The van der Waals surface area contributed by atoms with E-state index in [0.29, 0.717) is 6.04 Å². The summed E-state index contributed by atoms with van der Waals surface area (Å²) in [5, 5.41) is 0. The zero-order valence-electron chi connectivity index (χ0n) is 10.3. The van der Waals surface area contributed by atoms with Gasteiger partial charge in [0.25, 0.3) is 0 Å². The first-order valence-corrected chi connectivity index (χ1v) is 5.69. The molecule has 0 spiro atoms. The predicted molar refractivity (Wildman–Crippen MR) is 61.0 cm³/mol. The molecule has 13 heavy (non-hydrogen) atoms. The van der Waals surface area contributed by atoms with Gasteiger partial charge < -0.3 is 4.90 Å². The molecule has 0 aromatic rings. The van der Waals surface area contributed by atoms with Crippen LogP contribution in [-0.2, 0) is 0 Å². The van der Waals surface area contributed by atoms with Crippen LogP contribution < -0.4 is 0 Å². The van der Waals surface area contributed by atoms with Crippen LogP contribution in [0.1, 0.15) is 47.5 Å². The molecule has 0 fully saturated rings. The summed E-state index contributed by atoms with van der Waals surface area (Å²) in [4.78, 5) is 2.46. The van der Waals surface area contributed by atoms with Gasteiger partial charge in [0.15, 0.2) is 0 Å². The Morgan fingerprint density at radius 3 is 1.92 bits per heavy atom. The van der Waals surface area contributed by atoms with Crippen LogP contribution in [0.4, 0.5) is 0 Å². The summed E-state index contributed by atoms with van der Waals surface area (Å²) >= 11 is 0. The zero-order valence-corrected chi connectivity index (χ0v) is 10.3. The van der Waals surface area contributed by atoms with Gasteiger partial charge in [0.2, 0.25) is 0 Å². The minimum Gasteiger partial charge on any atom is -0.304 e. The lowest BCUT2D eigenvalue weighted by atomic mass is 9.91. The smallest absolute Gasteiger partial charge is 0.00356 e. The Morgan fingerprint density at radius 1 is 1.08 bits per heavy atom. The Labute approximate surface area is 84.5 Å². The van der Waals surface area contributed by atoms with Crippen molar-refractivity contribution in [1.29, 1.82) is 0 Å². The molecule has 0 radical (unpaired) electrons. The number of hydrogen-bond donors (Lipinski definition) is 0. The van der Waals surface area contributed by atoms with E-state index >= 15 is 0 Å². The first-order valence-electron chi connectivity index (χ1n) is 5.69. The molecule has 1 unspecified atom stereocenters. The van der Waals surface area contributed by atoms with Crippen LogP contribution in [0.3, 0.4) is 0 Å². The number of rotatable bonds is 6. The fourth-order valence-corrected chi connectivity index (χ4v) is 1.59. The van der Waals surface area contributed by atoms with Crippen LogP contribution in [0.15, 0.2) is 0 Å². The monoisotopic (exact) mass is 185 g/mol. The molecule has 1 atom stereocenters. The number of hydrogen-bond acceptors (Lipinski definition) is 1. The maximum Gasteiger partial charge on any atom is 0.00356 e. The molecule has 1 heteroatoms. The van der Waals surface area contributed by atoms with Gasteiger partial charge in [-0.1, -0.05) is 27.2 Å². The van der Waals surface area contributed by atoms with Gasteiger partial charge in [-0.3, -0.25) is 0 Å². The maximum absolute atomic E-state index is 2.46. The third-order valence-electron chi connectivity index (χ3n) is 3.01. The van der Waals surface area contributed by atoms with E-state index in [-0.39, 0.29) is 0 Å². The van der Waals surface area contributed by atoms with E-state index in [4.69, 9.17) is 0 Å². The van der Waals surface area contributed by atoms with Crippen molar-refractivity contribution >= 4 is 0 Å². The van der Waals surface area contributed by atoms with Crippen molar-refractivity contribution in [3.8, 4) is 0 Å². The molecular formula is C12H27N. The molecule has 0 aliphatic carbocycles. The molecule has 0 bridgehead atoms. The molecule has 0 heterocycles. The van der Waals surface area contributed by atoms with Crippen molar-refractivity contribution in [3.05, 3.63) is 0 Å². The fourth-order valence-electron chi connectivity index (χ4n) is 1.59. The summed E-state index contributed by atoms with van der Waals surface area (Å²) in [6, 6.07) is 0.679. The van der Waals surface area contributed by atoms with Crippen LogP contribution >= 0.6 is 0 Å². The highest BCUT2D eigenvalue weighted by atomic mass is 15.1. The first-order chi connectivity index (χ1) is 5.99. The average Bonchev–Trinajstić information content (AvgIpc) is 2.03. The lowest BCUT2D eigenvalue weighted by molar-refractivity contribution is 0.192. The minimum absolute atomic E-state index is 0.679. The van der Waals surface area contributed by atoms with Crippen LogP contribution in [0.2, 0.25) is 0 Å². The third-order valence-corrected chi connectivity index (χ3v) is 3.01. The van der Waals surface area contributed by atoms with Crippen molar-refractivity contribution in [3.63, 3.8) is 0 Å². The van der Waals surface area contributed by atoms with Gasteiger partial charge in [-0.15, -0.1) is 0 Å². The largest absolute Gasteiger partial charge is 0.304 e. The normalized spacial score (nSPS) is 14.5. The molecule has 1 nitrogen and oxygen atoms in total. The van der Waals surface area contributed by atoms with Crippen molar-refractivity contribution in [2.45, 2.75) is 53.5 Å². The van der Waals surface area contributed by atoms with Gasteiger partial charge in [0, 0.05) is 12.6 Å². The molecule has 0 saturated carbocycles. The van der Waals surface area contributed by atoms with Gasteiger partial charge in [-0.2, -0.15) is 0 Å². The molecule has 80 valence electrons. The summed E-state index contributed by atoms with van der Waals surface area (Å²) in [5.74, 6) is 1.69. The standard InChI is InChI=1S/C12H27N/c1-7-8-12(10(2)3)9-13(6)11(4)5/h10-12H,7-9H2,1-6H3. The fraction of sp³-hybridized carbons (Fsp3) is 1.00. The van der Waals surface area contributed by atoms with Crippen LogP contribution in [0.5, 0.6) is 0 Å². The summed E-state index contributed by atoms with van der Waals surface area (Å²) in [6.07, 6.45) is 2.68. The molecule has 0 aliphatic heterocycles. The van der Waals surface area contributed by atoms with Gasteiger partial charge in [-0.05, 0) is 39.2 Å². The van der Waals surface area contributed by atoms with Crippen LogP contribution in [-0.4, -0.2) is 24.5 Å². The highest BCUT2D eigenvalue weighted by molar-refractivity contribution is 4.68. The Morgan fingerprint density at radius 2 is 1.62 bits per heavy atom. The van der Waals surface area contributed by atoms with Crippen LogP contribution in [0, 0.1) is 11.8 Å². The highest BCUT2D eigenvalue weighted by Crippen LogP contribution is 2.18. The second-order valence-corrected chi connectivity index (χ2v) is 4.83. The Balaban J connectivity index is 3.94. The van der Waals surface area contributed by atoms with E-state index in [9.17, 15) is 0 Å². The molecule has 0 saturated heterocycles. The van der Waals surface area contributed by atoms with Gasteiger partial charge in [0.05, 0.1) is 0 Å². The zero-order chi connectivity index (χ0) is 10.4. The average molecular weight is 185 g/mol. The van der Waals surface area contributed by atoms with E-state index in [1.807, 2.05) is 0 Å². The Kier molecular flexibility index (Phi) is 6.40. The number of nitrogens with zero attached hydrogens (tertiary/aromatic N) is 1. The molecular weight excluding hydrogens is 158 g/mol. The molecule has 0 N–H and O–H groups in total. The molecule has 0 aromatic carbocycles. The summed E-state index contributed by atoms with van der Waals surface area (Å²) in [6.45, 7) is 12.8. The van der Waals surface area contributed by atoms with E-state index < -0.39 is 0 Å². The maximum atomic E-state index is 2.46. The van der Waals surface area contributed by atoms with Crippen molar-refractivity contribution in [1.82, 2.24) is 4.90 Å². The predicted octanol–water partition coefficient (Wildman–Crippen LogP) is 3.40. The SMILES string of the molecule is CCCC(CN(C)C(C)C)C(C)C. The first kappa shape index (κ1) is 13.0. The van der Waals surface area contributed by atoms with Crippen LogP contribution in [0.25, 0.3) is 0 Å². The van der Waals surface area contributed by atoms with E-state index in [1.54, 1.807) is 0 Å². The van der Waals surface area contributed by atoms with E-state index in [1.165, 1.54) is 19.4 Å². The molecule has 0 aliphatic rings. The summed E-state index contributed by atoms with van der Waals surface area (Å²) in [7, 11) is 2.23. The summed E-state index contributed by atoms with van der Waals surface area (Å²) < 4.78 is 0. The third kappa shape index (κ3) is 5.30. The van der Waals surface area contributed by atoms with E-state index in [0.717, 1.165) is 11.8 Å². The lowest BCUT2D eigenvalue weighted by Gasteiger charge is -2.29. The quantitative estimate of drug-likeness (QED) is 0.613.